The molecule has 3 aromatic rings. The van der Waals surface area contributed by atoms with Gasteiger partial charge in [-0.25, -0.2) is 4.79 Å². The third-order valence-electron chi connectivity index (χ3n) is 4.07. The van der Waals surface area contributed by atoms with E-state index < -0.39 is 0 Å². The van der Waals surface area contributed by atoms with E-state index in [0.717, 1.165) is 16.7 Å². The molecule has 0 radical (unpaired) electrons. The van der Waals surface area contributed by atoms with Crippen LogP contribution in [-0.4, -0.2) is 31.1 Å². The Morgan fingerprint density at radius 2 is 1.68 bits per heavy atom. The molecule has 0 bridgehead atoms. The first-order chi connectivity index (χ1) is 12.3. The van der Waals surface area contributed by atoms with Gasteiger partial charge in [0.15, 0.2) is 0 Å². The fourth-order valence-electron chi connectivity index (χ4n) is 2.75. The number of carbonyl (C=O) groups excluding carboxylic acids is 1. The van der Waals surface area contributed by atoms with Gasteiger partial charge in [-0.1, -0.05) is 60.7 Å². The van der Waals surface area contributed by atoms with Gasteiger partial charge in [-0.2, -0.15) is 0 Å². The molecule has 25 heavy (non-hydrogen) atoms. The highest BCUT2D eigenvalue weighted by Crippen LogP contribution is 2.20. The fourth-order valence-corrected chi connectivity index (χ4v) is 2.75. The number of benzene rings is 3. The molecule has 0 aliphatic rings. The van der Waals surface area contributed by atoms with Gasteiger partial charge >= 0.3 is 6.03 Å². The van der Waals surface area contributed by atoms with E-state index in [1.165, 1.54) is 5.39 Å². The van der Waals surface area contributed by atoms with Gasteiger partial charge in [0.25, 0.3) is 0 Å². The summed E-state index contributed by atoms with van der Waals surface area (Å²) < 4.78 is 5.86. The molecule has 3 aromatic carbocycles. The lowest BCUT2D eigenvalue weighted by Crippen LogP contribution is -2.40. The Hall–Kier alpha value is -3.01. The number of rotatable bonds is 6. The predicted molar refractivity (Wildman–Crippen MR) is 101 cm³/mol. The quantitative estimate of drug-likeness (QED) is 0.738. The van der Waals surface area contributed by atoms with Crippen molar-refractivity contribution in [1.82, 2.24) is 10.2 Å². The van der Waals surface area contributed by atoms with E-state index in [9.17, 15) is 4.79 Å². The summed E-state index contributed by atoms with van der Waals surface area (Å²) in [5.74, 6) is 0.815. The minimum absolute atomic E-state index is 0.106. The average Bonchev–Trinajstić information content (AvgIpc) is 2.67. The van der Waals surface area contributed by atoms with Gasteiger partial charge in [0.05, 0.1) is 6.54 Å². The van der Waals surface area contributed by atoms with Crippen LogP contribution in [-0.2, 0) is 6.54 Å². The number of carbonyl (C=O) groups is 1. The molecule has 0 saturated heterocycles. The minimum atomic E-state index is -0.106. The molecule has 0 aliphatic heterocycles. The molecule has 2 amide bonds. The lowest BCUT2D eigenvalue weighted by molar-refractivity contribution is 0.181. The van der Waals surface area contributed by atoms with Crippen LogP contribution in [0, 0.1) is 0 Å². The Morgan fingerprint density at radius 1 is 0.960 bits per heavy atom. The first kappa shape index (κ1) is 16.8. The second kappa shape index (κ2) is 8.20. The van der Waals surface area contributed by atoms with Crippen molar-refractivity contribution < 1.29 is 9.53 Å². The van der Waals surface area contributed by atoms with E-state index >= 15 is 0 Å². The number of hydrogen-bond acceptors (Lipinski definition) is 2. The molecule has 0 aliphatic carbocycles. The summed E-state index contributed by atoms with van der Waals surface area (Å²) in [6.45, 7) is 1.52. The standard InChI is InChI=1S/C21H22N2O2/c1-22-21(24)23(16-17-7-3-2-4-8-17)13-14-25-20-12-11-18-9-5-6-10-19(18)15-20/h2-12,15H,13-14,16H2,1H3,(H,22,24). The van der Waals surface area contributed by atoms with Crippen LogP contribution in [0.3, 0.4) is 0 Å². The first-order valence-electron chi connectivity index (χ1n) is 8.38. The van der Waals surface area contributed by atoms with Crippen LogP contribution in [0.4, 0.5) is 4.79 Å². The van der Waals surface area contributed by atoms with Crippen molar-refractivity contribution in [1.29, 1.82) is 0 Å². The molecule has 4 heteroatoms. The van der Waals surface area contributed by atoms with Crippen LogP contribution in [0.2, 0.25) is 0 Å². The molecule has 0 saturated carbocycles. The first-order valence-corrected chi connectivity index (χ1v) is 8.38. The van der Waals surface area contributed by atoms with Crippen LogP contribution in [0.5, 0.6) is 5.75 Å². The Kier molecular flexibility index (Phi) is 5.52. The second-order valence-corrected chi connectivity index (χ2v) is 5.82. The lowest BCUT2D eigenvalue weighted by Gasteiger charge is -2.22. The zero-order valence-corrected chi connectivity index (χ0v) is 14.3. The maximum atomic E-state index is 12.1. The second-order valence-electron chi connectivity index (χ2n) is 5.82. The summed E-state index contributed by atoms with van der Waals surface area (Å²) in [6.07, 6.45) is 0. The van der Waals surface area contributed by atoms with Gasteiger partial charge in [-0.05, 0) is 28.5 Å². The molecule has 128 valence electrons. The zero-order valence-electron chi connectivity index (χ0n) is 14.3. The van der Waals surface area contributed by atoms with Crippen LogP contribution in [0.1, 0.15) is 5.56 Å². The number of amides is 2. The molecule has 4 nitrogen and oxygen atoms in total. The maximum Gasteiger partial charge on any atom is 0.317 e. The number of ether oxygens (including phenoxy) is 1. The summed E-state index contributed by atoms with van der Waals surface area (Å²) in [4.78, 5) is 13.8. The maximum absolute atomic E-state index is 12.1. The lowest BCUT2D eigenvalue weighted by atomic mass is 10.1. The zero-order chi connectivity index (χ0) is 17.5. The third kappa shape index (κ3) is 4.51. The smallest absolute Gasteiger partial charge is 0.317 e. The Bertz CT molecular complexity index is 833. The van der Waals surface area contributed by atoms with Gasteiger partial charge in [0.1, 0.15) is 12.4 Å². The van der Waals surface area contributed by atoms with Crippen molar-refractivity contribution in [2.75, 3.05) is 20.2 Å². The molecule has 3 rings (SSSR count). The molecular formula is C21H22N2O2. The van der Waals surface area contributed by atoms with Crippen LogP contribution in [0.25, 0.3) is 10.8 Å². The van der Waals surface area contributed by atoms with Crippen LogP contribution in [0.15, 0.2) is 72.8 Å². The van der Waals surface area contributed by atoms with Crippen molar-refractivity contribution in [3.05, 3.63) is 78.4 Å². The van der Waals surface area contributed by atoms with E-state index in [4.69, 9.17) is 4.74 Å². The summed E-state index contributed by atoms with van der Waals surface area (Å²) in [5, 5.41) is 5.02. The summed E-state index contributed by atoms with van der Waals surface area (Å²) in [6, 6.07) is 24.0. The number of fused-ring (bicyclic) bond motifs is 1. The topological polar surface area (TPSA) is 41.6 Å². The van der Waals surface area contributed by atoms with E-state index in [1.54, 1.807) is 11.9 Å². The number of urea groups is 1. The molecule has 0 fully saturated rings. The highest BCUT2D eigenvalue weighted by Gasteiger charge is 2.12. The summed E-state index contributed by atoms with van der Waals surface area (Å²) in [5.41, 5.74) is 1.09. The molecular weight excluding hydrogens is 312 g/mol. The average molecular weight is 334 g/mol. The number of nitrogens with one attached hydrogen (secondary N) is 1. The SMILES string of the molecule is CNC(=O)N(CCOc1ccc2ccccc2c1)Cc1ccccc1. The highest BCUT2D eigenvalue weighted by atomic mass is 16.5. The monoisotopic (exact) mass is 334 g/mol. The summed E-state index contributed by atoms with van der Waals surface area (Å²) >= 11 is 0. The van der Waals surface area contributed by atoms with Crippen molar-refractivity contribution >= 4 is 16.8 Å². The summed E-state index contributed by atoms with van der Waals surface area (Å²) in [7, 11) is 1.64. The van der Waals surface area contributed by atoms with Crippen LogP contribution >= 0.6 is 0 Å². The highest BCUT2D eigenvalue weighted by molar-refractivity contribution is 5.83. The Balaban J connectivity index is 1.61. The molecule has 0 aromatic heterocycles. The van der Waals surface area contributed by atoms with Crippen LogP contribution < -0.4 is 10.1 Å². The molecule has 0 spiro atoms. The van der Waals surface area contributed by atoms with E-state index in [-0.39, 0.29) is 6.03 Å². The molecule has 1 N–H and O–H groups in total. The Labute approximate surface area is 148 Å². The van der Waals surface area contributed by atoms with Gasteiger partial charge in [0.2, 0.25) is 0 Å². The van der Waals surface area contributed by atoms with E-state index in [1.807, 2.05) is 60.7 Å². The van der Waals surface area contributed by atoms with Crippen molar-refractivity contribution in [3.63, 3.8) is 0 Å². The predicted octanol–water partition coefficient (Wildman–Crippen LogP) is 4.06. The molecule has 0 atom stereocenters. The van der Waals surface area contributed by atoms with Crippen molar-refractivity contribution in [3.8, 4) is 5.75 Å². The molecule has 0 unspecified atom stereocenters. The van der Waals surface area contributed by atoms with Gasteiger partial charge in [0, 0.05) is 13.6 Å². The number of hydrogen-bond donors (Lipinski definition) is 1. The van der Waals surface area contributed by atoms with Gasteiger partial charge in [-0.3, -0.25) is 0 Å². The largest absolute Gasteiger partial charge is 0.492 e. The number of nitrogens with zero attached hydrogens (tertiary/aromatic N) is 1. The van der Waals surface area contributed by atoms with Crippen molar-refractivity contribution in [2.45, 2.75) is 6.54 Å². The normalized spacial score (nSPS) is 10.4. The molecule has 0 heterocycles. The fraction of sp³-hybridized carbons (Fsp3) is 0.190. The van der Waals surface area contributed by atoms with Gasteiger partial charge < -0.3 is 15.0 Å². The van der Waals surface area contributed by atoms with Crippen molar-refractivity contribution in [2.24, 2.45) is 0 Å². The van der Waals surface area contributed by atoms with E-state index in [2.05, 4.69) is 17.4 Å². The minimum Gasteiger partial charge on any atom is -0.492 e. The Morgan fingerprint density at radius 3 is 2.44 bits per heavy atom. The third-order valence-corrected chi connectivity index (χ3v) is 4.07. The van der Waals surface area contributed by atoms with E-state index in [0.29, 0.717) is 19.7 Å². The van der Waals surface area contributed by atoms with Gasteiger partial charge in [-0.15, -0.1) is 0 Å².